The molecule has 0 aromatic heterocycles. The first-order chi connectivity index (χ1) is 9.06. The molecule has 0 radical (unpaired) electrons. The third kappa shape index (κ3) is 4.01. The van der Waals surface area contributed by atoms with Crippen LogP contribution < -0.4 is 4.74 Å². The number of ether oxygens (including phenoxy) is 1. The van der Waals surface area contributed by atoms with E-state index in [1.54, 1.807) is 12.1 Å². The Hall–Kier alpha value is -0.950. The van der Waals surface area contributed by atoms with Crippen molar-refractivity contribution in [1.82, 2.24) is 0 Å². The molecule has 19 heavy (non-hydrogen) atoms. The molecule has 2 aromatic rings. The van der Waals surface area contributed by atoms with Gasteiger partial charge in [0.15, 0.2) is 12.4 Å². The maximum atomic E-state index is 13.0. The highest BCUT2D eigenvalue weighted by Gasteiger charge is 2.07. The van der Waals surface area contributed by atoms with Gasteiger partial charge in [-0.3, -0.25) is 4.79 Å². The summed E-state index contributed by atoms with van der Waals surface area (Å²) in [5.74, 6) is -0.0275. The minimum atomic E-state index is -0.365. The van der Waals surface area contributed by atoms with Gasteiger partial charge < -0.3 is 4.74 Å². The first-order valence-electron chi connectivity index (χ1n) is 5.43. The fraction of sp³-hybridized carbons (Fsp3) is 0.0714. The second kappa shape index (κ2) is 6.47. The number of carbonyl (C=O) groups is 1. The smallest absolute Gasteiger partial charge is 0.200 e. The number of benzene rings is 2. The van der Waals surface area contributed by atoms with Crippen LogP contribution in [-0.2, 0) is 0 Å². The second-order valence-electron chi connectivity index (χ2n) is 3.79. The van der Waals surface area contributed by atoms with Gasteiger partial charge in [0.05, 0.1) is 4.47 Å². The summed E-state index contributed by atoms with van der Waals surface area (Å²) in [6.07, 6.45) is 0. The van der Waals surface area contributed by atoms with E-state index in [4.69, 9.17) is 4.74 Å². The minimum absolute atomic E-state index is 0.0708. The van der Waals surface area contributed by atoms with Crippen molar-refractivity contribution in [3.63, 3.8) is 0 Å². The van der Waals surface area contributed by atoms with Gasteiger partial charge >= 0.3 is 0 Å². The van der Waals surface area contributed by atoms with Crippen LogP contribution in [0.5, 0.6) is 5.75 Å². The van der Waals surface area contributed by atoms with Crippen LogP contribution in [0.15, 0.2) is 46.9 Å². The molecular formula is C14H9BrFIO2. The molecule has 0 N–H and O–H groups in total. The molecule has 0 saturated heterocycles. The number of halogens is 3. The zero-order chi connectivity index (χ0) is 13.8. The lowest BCUT2D eigenvalue weighted by atomic mass is 10.1. The molecule has 0 fully saturated rings. The minimum Gasteiger partial charge on any atom is -0.485 e. The summed E-state index contributed by atoms with van der Waals surface area (Å²) in [7, 11) is 0. The molecule has 5 heteroatoms. The van der Waals surface area contributed by atoms with E-state index in [0.29, 0.717) is 15.8 Å². The van der Waals surface area contributed by atoms with E-state index in [-0.39, 0.29) is 18.2 Å². The molecule has 2 aromatic carbocycles. The largest absolute Gasteiger partial charge is 0.485 e. The summed E-state index contributed by atoms with van der Waals surface area (Å²) in [5, 5.41) is 0. The van der Waals surface area contributed by atoms with E-state index < -0.39 is 0 Å². The number of rotatable bonds is 4. The molecule has 0 heterocycles. The lowest BCUT2D eigenvalue weighted by Crippen LogP contribution is -2.11. The maximum Gasteiger partial charge on any atom is 0.200 e. The highest BCUT2D eigenvalue weighted by molar-refractivity contribution is 14.1. The number of ketones is 1. The molecule has 0 amide bonds. The summed E-state index contributed by atoms with van der Waals surface area (Å²) in [5.41, 5.74) is 0.599. The van der Waals surface area contributed by atoms with Crippen molar-refractivity contribution in [3.05, 3.63) is 61.9 Å². The van der Waals surface area contributed by atoms with Gasteiger partial charge in [0.2, 0.25) is 0 Å². The molecule has 0 aliphatic rings. The Balaban J connectivity index is 2.00. The van der Waals surface area contributed by atoms with Crippen LogP contribution in [-0.4, -0.2) is 12.4 Å². The highest BCUT2D eigenvalue weighted by atomic mass is 127. The van der Waals surface area contributed by atoms with Gasteiger partial charge in [-0.1, -0.05) is 12.1 Å². The van der Waals surface area contributed by atoms with Crippen molar-refractivity contribution in [3.8, 4) is 5.75 Å². The number of carbonyl (C=O) groups excluding carboxylic acids is 1. The maximum absolute atomic E-state index is 13.0. The Morgan fingerprint density at radius 2 is 1.89 bits per heavy atom. The first-order valence-corrected chi connectivity index (χ1v) is 7.30. The van der Waals surface area contributed by atoms with E-state index in [1.807, 2.05) is 12.1 Å². The van der Waals surface area contributed by atoms with E-state index in [2.05, 4.69) is 38.5 Å². The molecule has 0 atom stereocenters. The fourth-order valence-corrected chi connectivity index (χ4v) is 2.15. The topological polar surface area (TPSA) is 26.3 Å². The monoisotopic (exact) mass is 434 g/mol. The van der Waals surface area contributed by atoms with E-state index in [1.165, 1.54) is 18.2 Å². The Morgan fingerprint density at radius 3 is 2.53 bits per heavy atom. The van der Waals surface area contributed by atoms with Gasteiger partial charge in [-0.2, -0.15) is 0 Å². The lowest BCUT2D eigenvalue weighted by molar-refractivity contribution is 0.0921. The average Bonchev–Trinajstić information content (AvgIpc) is 2.40. The number of hydrogen-bond donors (Lipinski definition) is 0. The van der Waals surface area contributed by atoms with Crippen molar-refractivity contribution in [2.24, 2.45) is 0 Å². The third-order valence-electron chi connectivity index (χ3n) is 2.43. The zero-order valence-electron chi connectivity index (χ0n) is 9.70. The molecule has 0 unspecified atom stereocenters. The van der Waals surface area contributed by atoms with Gasteiger partial charge in [0, 0.05) is 9.13 Å². The molecule has 2 rings (SSSR count). The Labute approximate surface area is 132 Å². The second-order valence-corrected chi connectivity index (χ2v) is 5.89. The van der Waals surface area contributed by atoms with E-state index >= 15 is 0 Å². The molecule has 0 spiro atoms. The van der Waals surface area contributed by atoms with Gasteiger partial charge in [-0.05, 0) is 68.9 Å². The van der Waals surface area contributed by atoms with Crippen LogP contribution in [0, 0.1) is 9.39 Å². The van der Waals surface area contributed by atoms with Crippen LogP contribution >= 0.6 is 38.5 Å². The van der Waals surface area contributed by atoms with Crippen LogP contribution in [0.2, 0.25) is 0 Å². The predicted octanol–water partition coefficient (Wildman–Crippen LogP) is 4.45. The predicted molar refractivity (Wildman–Crippen MR) is 83.1 cm³/mol. The summed E-state index contributed by atoms with van der Waals surface area (Å²) in [4.78, 5) is 11.9. The third-order valence-corrected chi connectivity index (χ3v) is 3.75. The van der Waals surface area contributed by atoms with Crippen molar-refractivity contribution in [2.45, 2.75) is 0 Å². The quantitative estimate of drug-likeness (QED) is 0.524. The summed E-state index contributed by atoms with van der Waals surface area (Å²) >= 11 is 5.24. The Bertz CT molecular complexity index is 599. The average molecular weight is 435 g/mol. The fourth-order valence-electron chi connectivity index (χ4n) is 1.43. The number of Topliss-reactive ketones (excluding diaryl/α,β-unsaturated/α-hetero) is 1. The van der Waals surface area contributed by atoms with Crippen molar-refractivity contribution < 1.29 is 13.9 Å². The summed E-state index contributed by atoms with van der Waals surface area (Å²) in [6.45, 7) is -0.0708. The highest BCUT2D eigenvalue weighted by Crippen LogP contribution is 2.21. The van der Waals surface area contributed by atoms with Gasteiger partial charge in [-0.25, -0.2) is 4.39 Å². The first kappa shape index (κ1) is 14.5. The van der Waals surface area contributed by atoms with Crippen LogP contribution in [0.25, 0.3) is 0 Å². The molecule has 0 aliphatic carbocycles. The Kier molecular flexibility index (Phi) is 4.93. The number of hydrogen-bond acceptors (Lipinski definition) is 2. The zero-order valence-corrected chi connectivity index (χ0v) is 13.4. The normalized spacial score (nSPS) is 10.3. The molecule has 0 aliphatic heterocycles. The molecule has 0 bridgehead atoms. The standard InChI is InChI=1S/C14H9BrFIO2/c15-12-7-11(5-6-13(12)16)19-8-14(18)9-1-3-10(17)4-2-9/h1-7H,8H2. The van der Waals surface area contributed by atoms with Crippen molar-refractivity contribution in [1.29, 1.82) is 0 Å². The molecule has 2 nitrogen and oxygen atoms in total. The lowest BCUT2D eigenvalue weighted by Gasteiger charge is -2.06. The summed E-state index contributed by atoms with van der Waals surface area (Å²) in [6, 6.07) is 11.5. The van der Waals surface area contributed by atoms with E-state index in [9.17, 15) is 9.18 Å². The van der Waals surface area contributed by atoms with Crippen LogP contribution in [0.1, 0.15) is 10.4 Å². The van der Waals surface area contributed by atoms with E-state index in [0.717, 1.165) is 3.57 Å². The Morgan fingerprint density at radius 1 is 1.21 bits per heavy atom. The van der Waals surface area contributed by atoms with Gasteiger partial charge in [0.1, 0.15) is 11.6 Å². The van der Waals surface area contributed by atoms with Crippen molar-refractivity contribution in [2.75, 3.05) is 6.61 Å². The molecule has 98 valence electrons. The molecule has 0 saturated carbocycles. The van der Waals surface area contributed by atoms with Crippen LogP contribution in [0.4, 0.5) is 4.39 Å². The summed E-state index contributed by atoms with van der Waals surface area (Å²) < 4.78 is 19.7. The molecular weight excluding hydrogens is 426 g/mol. The van der Waals surface area contributed by atoms with Crippen molar-refractivity contribution >= 4 is 44.3 Å². The van der Waals surface area contributed by atoms with Crippen LogP contribution in [0.3, 0.4) is 0 Å². The van der Waals surface area contributed by atoms with Gasteiger partial charge in [0.25, 0.3) is 0 Å². The van der Waals surface area contributed by atoms with Gasteiger partial charge in [-0.15, -0.1) is 0 Å². The SMILES string of the molecule is O=C(COc1ccc(F)c(Br)c1)c1ccc(I)cc1.